The Kier molecular flexibility index (Phi) is 2.40. The highest BCUT2D eigenvalue weighted by Gasteiger charge is 2.93. The summed E-state index contributed by atoms with van der Waals surface area (Å²) >= 11 is 3.49. The van der Waals surface area contributed by atoms with Gasteiger partial charge in [-0.3, -0.25) is 0 Å². The third-order valence-electron chi connectivity index (χ3n) is 8.08. The first-order valence-corrected chi connectivity index (χ1v) is 9.20. The molecular weight excluding hydrogens is 411 g/mol. The molecule has 7 unspecified atom stereocenters. The minimum atomic E-state index is -2.23. The van der Waals surface area contributed by atoms with Crippen molar-refractivity contribution in [1.82, 2.24) is 0 Å². The molecule has 0 saturated heterocycles. The van der Waals surface area contributed by atoms with Crippen LogP contribution < -0.4 is 0 Å². The largest absolute Gasteiger partial charge is 0.388 e. The fourth-order valence-corrected chi connectivity index (χ4v) is 9.26. The van der Waals surface area contributed by atoms with Gasteiger partial charge in [-0.1, -0.05) is 15.9 Å². The molecule has 6 saturated carbocycles. The van der Waals surface area contributed by atoms with E-state index in [4.69, 9.17) is 0 Å². The Bertz CT molecular complexity index is 848. The number of aliphatic hydroxyl groups is 2. The zero-order valence-electron chi connectivity index (χ0n) is 12.5. The predicted molar refractivity (Wildman–Crippen MR) is 76.8 cm³/mol. The molecule has 134 valence electrons. The quantitative estimate of drug-likeness (QED) is 0.316. The summed E-state index contributed by atoms with van der Waals surface area (Å²) in [6, 6.07) is 0. The predicted octanol–water partition coefficient (Wildman–Crippen LogP) is 2.84. The molecule has 0 amide bonds. The highest BCUT2D eigenvalue weighted by atomic mass is 79.9. The summed E-state index contributed by atoms with van der Waals surface area (Å²) in [4.78, 5) is -0.324. The number of alkyl halides is 1. The van der Waals surface area contributed by atoms with Crippen molar-refractivity contribution in [3.8, 4) is 0 Å². The summed E-state index contributed by atoms with van der Waals surface area (Å²) in [5, 5.41) is 22.7. The highest BCUT2D eigenvalue weighted by molar-refractivity contribution is 9.09. The fourth-order valence-electron chi connectivity index (χ4n) is 7.93. The number of rotatable bonds is 1. The van der Waals surface area contributed by atoms with Gasteiger partial charge in [-0.15, -0.1) is 0 Å². The normalized spacial score (nSPS) is 56.2. The maximum absolute atomic E-state index is 14.5. The van der Waals surface area contributed by atoms with Crippen molar-refractivity contribution in [3.63, 3.8) is 0 Å². The van der Waals surface area contributed by atoms with Gasteiger partial charge in [-0.25, -0.2) is 22.0 Å². The minimum Gasteiger partial charge on any atom is -0.388 e. The van der Waals surface area contributed by atoms with Gasteiger partial charge in [0.2, 0.25) is 5.82 Å². The van der Waals surface area contributed by atoms with Crippen LogP contribution in [0.4, 0.5) is 22.0 Å². The van der Waals surface area contributed by atoms with Crippen molar-refractivity contribution >= 4 is 15.9 Å². The van der Waals surface area contributed by atoms with E-state index in [9.17, 15) is 32.2 Å². The van der Waals surface area contributed by atoms with Gasteiger partial charge in [-0.2, -0.15) is 0 Å². The van der Waals surface area contributed by atoms with E-state index in [-0.39, 0.29) is 34.4 Å². The molecule has 6 aliphatic rings. The van der Waals surface area contributed by atoms with Crippen LogP contribution in [0.15, 0.2) is 0 Å². The number of halogens is 6. The number of hydrogen-bond acceptors (Lipinski definition) is 2. The van der Waals surface area contributed by atoms with Crippen molar-refractivity contribution in [1.29, 1.82) is 0 Å². The molecule has 1 aromatic rings. The Labute approximate surface area is 147 Å². The average molecular weight is 423 g/mol. The lowest BCUT2D eigenvalue weighted by Gasteiger charge is -2.38. The van der Waals surface area contributed by atoms with Gasteiger partial charge in [0.1, 0.15) is 5.60 Å². The second kappa shape index (κ2) is 3.92. The summed E-state index contributed by atoms with van der Waals surface area (Å²) in [6.07, 6.45) is 0.725. The molecule has 0 aliphatic heterocycles. The first-order chi connectivity index (χ1) is 11.7. The Morgan fingerprint density at radius 2 is 1.32 bits per heavy atom. The molecule has 6 bridgehead atoms. The van der Waals surface area contributed by atoms with Gasteiger partial charge in [0.25, 0.3) is 0 Å². The topological polar surface area (TPSA) is 40.5 Å². The van der Waals surface area contributed by atoms with E-state index in [2.05, 4.69) is 15.9 Å². The van der Waals surface area contributed by atoms with Gasteiger partial charge in [0.15, 0.2) is 23.3 Å². The van der Waals surface area contributed by atoms with Crippen LogP contribution in [0.25, 0.3) is 0 Å². The number of benzene rings is 1. The smallest absolute Gasteiger partial charge is 0.200 e. The zero-order chi connectivity index (χ0) is 17.8. The Balaban J connectivity index is 1.66. The Morgan fingerprint density at radius 3 is 1.88 bits per heavy atom. The van der Waals surface area contributed by atoms with Crippen molar-refractivity contribution in [2.24, 2.45) is 41.4 Å². The van der Waals surface area contributed by atoms with Crippen molar-refractivity contribution in [2.45, 2.75) is 22.5 Å². The van der Waals surface area contributed by atoms with E-state index in [1.807, 2.05) is 0 Å². The second-order valence-corrected chi connectivity index (χ2v) is 9.29. The van der Waals surface area contributed by atoms with E-state index in [1.165, 1.54) is 0 Å². The summed E-state index contributed by atoms with van der Waals surface area (Å²) in [5.41, 5.74) is -4.76. The van der Waals surface area contributed by atoms with Crippen LogP contribution in [0.1, 0.15) is 12.0 Å². The lowest BCUT2D eigenvalue weighted by Crippen LogP contribution is -2.47. The molecule has 2 N–H and O–H groups in total. The van der Waals surface area contributed by atoms with Crippen LogP contribution in [0.2, 0.25) is 0 Å². The third-order valence-corrected chi connectivity index (χ3v) is 9.42. The van der Waals surface area contributed by atoms with Crippen LogP contribution in [-0.2, 0) is 5.60 Å². The summed E-state index contributed by atoms with van der Waals surface area (Å²) in [5.74, 6) is -12.3. The van der Waals surface area contributed by atoms with Crippen LogP contribution in [0.5, 0.6) is 0 Å². The molecule has 25 heavy (non-hydrogen) atoms. The molecule has 8 heteroatoms. The number of hydrogen-bond donors (Lipinski definition) is 2. The minimum absolute atomic E-state index is 0.0483. The average Bonchev–Trinajstić information content (AvgIpc) is 3.28. The lowest BCUT2D eigenvalue weighted by atomic mass is 9.69. The van der Waals surface area contributed by atoms with E-state index in [0.29, 0.717) is 0 Å². The summed E-state index contributed by atoms with van der Waals surface area (Å²) in [7, 11) is 0. The molecule has 2 nitrogen and oxygen atoms in total. The van der Waals surface area contributed by atoms with E-state index >= 15 is 0 Å². The van der Waals surface area contributed by atoms with Gasteiger partial charge in [-0.05, 0) is 36.0 Å². The second-order valence-electron chi connectivity index (χ2n) is 8.31. The lowest BCUT2D eigenvalue weighted by molar-refractivity contribution is -0.0802. The molecule has 0 heterocycles. The molecule has 10 atom stereocenters. The molecule has 7 rings (SSSR count). The van der Waals surface area contributed by atoms with Gasteiger partial charge >= 0.3 is 0 Å². The molecular formula is C17H12BrF5O2. The van der Waals surface area contributed by atoms with Gasteiger partial charge in [0.05, 0.1) is 11.2 Å². The SMILES string of the molecule is O[C@]1(c2c(F)c(F)c(F)c(F)c2F)C2C3CC4C5C3C1[C@@](O)(C42)[C@H]5Br. The van der Waals surface area contributed by atoms with E-state index in [1.54, 1.807) is 0 Å². The van der Waals surface area contributed by atoms with Crippen LogP contribution in [-0.4, -0.2) is 20.6 Å². The van der Waals surface area contributed by atoms with Gasteiger partial charge in [0, 0.05) is 16.7 Å². The first kappa shape index (κ1) is 15.3. The third kappa shape index (κ3) is 1.16. The van der Waals surface area contributed by atoms with Crippen molar-refractivity contribution < 1.29 is 32.2 Å². The molecule has 0 radical (unpaired) electrons. The maximum Gasteiger partial charge on any atom is 0.200 e. The van der Waals surface area contributed by atoms with Gasteiger partial charge < -0.3 is 10.2 Å². The molecule has 1 aromatic carbocycles. The van der Waals surface area contributed by atoms with E-state index < -0.39 is 57.7 Å². The standard InChI is InChI=1S/C17H12BrF5O2/c18-15-5-3-1-2-4(5)14-16(24,6(2)7(3)17(14,15)25)8-9(19)11(21)13(23)12(22)10(8)20/h2-7,14-15,24-25H,1H2/t2?,3?,4?,5?,6?,7?,14?,15-,16-,17-/m0/s1. The molecule has 0 aromatic heterocycles. The molecule has 6 fully saturated rings. The monoisotopic (exact) mass is 422 g/mol. The van der Waals surface area contributed by atoms with Crippen LogP contribution in [0.3, 0.4) is 0 Å². The van der Waals surface area contributed by atoms with Crippen molar-refractivity contribution in [3.05, 3.63) is 34.6 Å². The molecule has 0 spiro atoms. The first-order valence-electron chi connectivity index (χ1n) is 8.29. The molecule has 6 aliphatic carbocycles. The van der Waals surface area contributed by atoms with Crippen LogP contribution in [0, 0.1) is 70.5 Å². The summed E-state index contributed by atoms with van der Waals surface area (Å²) in [6.45, 7) is 0. The maximum atomic E-state index is 14.5. The summed E-state index contributed by atoms with van der Waals surface area (Å²) < 4.78 is 69.9. The highest BCUT2D eigenvalue weighted by Crippen LogP contribution is 2.89. The van der Waals surface area contributed by atoms with Crippen LogP contribution >= 0.6 is 15.9 Å². The van der Waals surface area contributed by atoms with Crippen molar-refractivity contribution in [2.75, 3.05) is 0 Å². The Hall–Kier alpha value is -0.730. The Morgan fingerprint density at radius 1 is 0.800 bits per heavy atom. The zero-order valence-corrected chi connectivity index (χ0v) is 14.1. The van der Waals surface area contributed by atoms with E-state index in [0.717, 1.165) is 6.42 Å². The fraction of sp³-hybridized carbons (Fsp3) is 0.647.